The molecule has 0 saturated carbocycles. The molecule has 0 unspecified atom stereocenters. The third-order valence-corrected chi connectivity index (χ3v) is 4.94. The molecule has 3 rings (SSSR count). The number of aryl methyl sites for hydroxylation is 2. The number of anilines is 1. The molecule has 0 aliphatic carbocycles. The summed E-state index contributed by atoms with van der Waals surface area (Å²) in [5.74, 6) is 1.27. The van der Waals surface area contributed by atoms with Crippen LogP contribution in [0.25, 0.3) is 0 Å². The Morgan fingerprint density at radius 3 is 2.65 bits per heavy atom. The second kappa shape index (κ2) is 6.90. The fraction of sp³-hybridized carbons (Fsp3) is 0.474. The molecule has 0 N–H and O–H groups in total. The summed E-state index contributed by atoms with van der Waals surface area (Å²) in [7, 11) is 5.55. The smallest absolute Gasteiger partial charge is 0.263 e. The highest BCUT2D eigenvalue weighted by atomic mass is 16.2. The lowest BCUT2D eigenvalue weighted by Crippen LogP contribution is -2.36. The number of hydrogen-bond acceptors (Lipinski definition) is 5. The van der Waals surface area contributed by atoms with E-state index in [-0.39, 0.29) is 23.1 Å². The fourth-order valence-corrected chi connectivity index (χ4v) is 3.34. The molecule has 1 fully saturated rings. The quantitative estimate of drug-likeness (QED) is 0.840. The molecule has 0 aromatic carbocycles. The van der Waals surface area contributed by atoms with Crippen molar-refractivity contribution in [2.24, 2.45) is 7.05 Å². The zero-order chi connectivity index (χ0) is 19.0. The van der Waals surface area contributed by atoms with Crippen molar-refractivity contribution in [3.63, 3.8) is 0 Å². The number of likely N-dealkylation sites (tertiary alicyclic amines) is 1. The van der Waals surface area contributed by atoms with E-state index < -0.39 is 0 Å². The molecular weight excluding hydrogens is 330 g/mol. The van der Waals surface area contributed by atoms with E-state index in [1.54, 1.807) is 24.1 Å². The molecule has 1 aliphatic heterocycles. The van der Waals surface area contributed by atoms with Crippen LogP contribution in [-0.2, 0) is 7.05 Å². The van der Waals surface area contributed by atoms with E-state index in [1.807, 2.05) is 38.9 Å². The average Bonchev–Trinajstić information content (AvgIpc) is 3.08. The Bertz CT molecular complexity index is 903. The first-order valence-electron chi connectivity index (χ1n) is 8.80. The molecule has 0 bridgehead atoms. The lowest BCUT2D eigenvalue weighted by atomic mass is 10.1. The molecule has 1 aliphatic rings. The standard InChI is InChI=1S/C19H25N5O2/c1-12-8-9-14(18(25)23(12)5)19(26)24-10-6-7-16(24)15-11-17(22(3)4)21-13(2)20-15/h8-9,11,16H,6-7,10H2,1-5H3/t16-/m0/s1. The molecule has 1 amide bonds. The van der Waals surface area contributed by atoms with Gasteiger partial charge in [-0.3, -0.25) is 9.59 Å². The molecule has 138 valence electrons. The summed E-state index contributed by atoms with van der Waals surface area (Å²) in [6, 6.07) is 5.23. The summed E-state index contributed by atoms with van der Waals surface area (Å²) < 4.78 is 1.51. The van der Waals surface area contributed by atoms with Gasteiger partial charge in [0.25, 0.3) is 11.5 Å². The van der Waals surface area contributed by atoms with Gasteiger partial charge in [0.15, 0.2) is 0 Å². The Labute approximate surface area is 153 Å². The first-order chi connectivity index (χ1) is 12.3. The van der Waals surface area contributed by atoms with Crippen LogP contribution in [0, 0.1) is 13.8 Å². The van der Waals surface area contributed by atoms with Gasteiger partial charge in [-0.25, -0.2) is 9.97 Å². The van der Waals surface area contributed by atoms with Crippen molar-refractivity contribution in [1.82, 2.24) is 19.4 Å². The predicted molar refractivity (Wildman–Crippen MR) is 101 cm³/mol. The van der Waals surface area contributed by atoms with Crippen LogP contribution in [0.2, 0.25) is 0 Å². The topological polar surface area (TPSA) is 71.3 Å². The van der Waals surface area contributed by atoms with Crippen molar-refractivity contribution in [3.05, 3.63) is 51.3 Å². The molecule has 0 spiro atoms. The van der Waals surface area contributed by atoms with E-state index in [1.165, 1.54) is 4.57 Å². The molecule has 2 aromatic heterocycles. The van der Waals surface area contributed by atoms with E-state index >= 15 is 0 Å². The summed E-state index contributed by atoms with van der Waals surface area (Å²) in [5, 5.41) is 0. The molecule has 2 aromatic rings. The minimum atomic E-state index is -0.256. The number of carbonyl (C=O) groups is 1. The predicted octanol–water partition coefficient (Wildman–Crippen LogP) is 1.84. The highest BCUT2D eigenvalue weighted by Crippen LogP contribution is 2.33. The maximum absolute atomic E-state index is 13.1. The van der Waals surface area contributed by atoms with Gasteiger partial charge in [-0.15, -0.1) is 0 Å². The first kappa shape index (κ1) is 18.1. The second-order valence-electron chi connectivity index (χ2n) is 7.00. The molecule has 1 saturated heterocycles. The number of pyridine rings is 1. The Morgan fingerprint density at radius 2 is 1.96 bits per heavy atom. The largest absolute Gasteiger partial charge is 0.363 e. The Hall–Kier alpha value is -2.70. The maximum atomic E-state index is 13.1. The number of nitrogens with zero attached hydrogens (tertiary/aromatic N) is 5. The Morgan fingerprint density at radius 1 is 1.23 bits per heavy atom. The zero-order valence-corrected chi connectivity index (χ0v) is 16.0. The zero-order valence-electron chi connectivity index (χ0n) is 16.0. The maximum Gasteiger partial charge on any atom is 0.263 e. The molecule has 0 radical (unpaired) electrons. The molecule has 7 heteroatoms. The van der Waals surface area contributed by atoms with Crippen LogP contribution >= 0.6 is 0 Å². The van der Waals surface area contributed by atoms with Gasteiger partial charge >= 0.3 is 0 Å². The van der Waals surface area contributed by atoms with Crippen LogP contribution in [0.3, 0.4) is 0 Å². The van der Waals surface area contributed by atoms with Gasteiger partial charge in [0, 0.05) is 39.4 Å². The number of rotatable bonds is 3. The normalized spacial score (nSPS) is 16.8. The van der Waals surface area contributed by atoms with Crippen LogP contribution in [0.4, 0.5) is 5.82 Å². The lowest BCUT2D eigenvalue weighted by molar-refractivity contribution is 0.0730. The van der Waals surface area contributed by atoms with Gasteiger partial charge in [0.05, 0.1) is 11.7 Å². The van der Waals surface area contributed by atoms with Crippen molar-refractivity contribution in [3.8, 4) is 0 Å². The van der Waals surface area contributed by atoms with Gasteiger partial charge in [0.2, 0.25) is 0 Å². The van der Waals surface area contributed by atoms with Crippen molar-refractivity contribution < 1.29 is 4.79 Å². The molecular formula is C19H25N5O2. The summed E-state index contributed by atoms with van der Waals surface area (Å²) in [4.78, 5) is 38.3. The number of carbonyl (C=O) groups excluding carboxylic acids is 1. The van der Waals surface area contributed by atoms with Gasteiger partial charge < -0.3 is 14.4 Å². The third kappa shape index (κ3) is 3.21. The summed E-state index contributed by atoms with van der Waals surface area (Å²) >= 11 is 0. The SMILES string of the molecule is Cc1nc([C@@H]2CCCN2C(=O)c2ccc(C)n(C)c2=O)cc(N(C)C)n1. The van der Waals surface area contributed by atoms with Gasteiger partial charge in [-0.05, 0) is 38.8 Å². The van der Waals surface area contributed by atoms with Crippen molar-refractivity contribution >= 4 is 11.7 Å². The third-order valence-electron chi connectivity index (χ3n) is 4.94. The minimum Gasteiger partial charge on any atom is -0.363 e. The number of amides is 1. The highest BCUT2D eigenvalue weighted by Gasteiger charge is 2.33. The van der Waals surface area contributed by atoms with Crippen molar-refractivity contribution in [2.75, 3.05) is 25.5 Å². The van der Waals surface area contributed by atoms with Crippen LogP contribution in [0.5, 0.6) is 0 Å². The van der Waals surface area contributed by atoms with E-state index in [9.17, 15) is 9.59 Å². The summed E-state index contributed by atoms with van der Waals surface area (Å²) in [6.07, 6.45) is 1.73. The Balaban J connectivity index is 1.98. The van der Waals surface area contributed by atoms with E-state index in [4.69, 9.17) is 0 Å². The van der Waals surface area contributed by atoms with Crippen molar-refractivity contribution in [1.29, 1.82) is 0 Å². The first-order valence-corrected chi connectivity index (χ1v) is 8.80. The number of hydrogen-bond donors (Lipinski definition) is 0. The van der Waals surface area contributed by atoms with Crippen LogP contribution in [0.15, 0.2) is 23.0 Å². The number of aromatic nitrogens is 3. The Kier molecular flexibility index (Phi) is 4.80. The van der Waals surface area contributed by atoms with Gasteiger partial charge in [-0.1, -0.05) is 0 Å². The molecule has 7 nitrogen and oxygen atoms in total. The average molecular weight is 355 g/mol. The van der Waals surface area contributed by atoms with E-state index in [0.717, 1.165) is 30.0 Å². The molecule has 1 atom stereocenters. The highest BCUT2D eigenvalue weighted by molar-refractivity contribution is 5.94. The second-order valence-corrected chi connectivity index (χ2v) is 7.00. The van der Waals surface area contributed by atoms with Crippen molar-refractivity contribution in [2.45, 2.75) is 32.7 Å². The molecule has 26 heavy (non-hydrogen) atoms. The van der Waals surface area contributed by atoms with E-state index in [0.29, 0.717) is 12.4 Å². The summed E-state index contributed by atoms with van der Waals surface area (Å²) in [6.45, 7) is 4.33. The van der Waals surface area contributed by atoms with Crippen LogP contribution in [0.1, 0.15) is 46.5 Å². The minimum absolute atomic E-state index is 0.131. The summed E-state index contributed by atoms with van der Waals surface area (Å²) in [5.41, 5.74) is 1.61. The lowest BCUT2D eigenvalue weighted by Gasteiger charge is -2.25. The van der Waals surface area contributed by atoms with E-state index in [2.05, 4.69) is 9.97 Å². The van der Waals surface area contributed by atoms with Gasteiger partial charge in [-0.2, -0.15) is 0 Å². The fourth-order valence-electron chi connectivity index (χ4n) is 3.34. The van der Waals surface area contributed by atoms with Crippen LogP contribution < -0.4 is 10.5 Å². The molecule has 3 heterocycles. The monoisotopic (exact) mass is 355 g/mol. The van der Waals surface area contributed by atoms with Crippen LogP contribution in [-0.4, -0.2) is 46.0 Å². The van der Waals surface area contributed by atoms with Gasteiger partial charge in [0.1, 0.15) is 17.2 Å².